The minimum Gasteiger partial charge on any atom is -0.481 e. The molecule has 1 fully saturated rings. The number of rotatable bonds is 4. The number of carbonyl (C=O) groups is 1. The summed E-state index contributed by atoms with van der Waals surface area (Å²) in [6.07, 6.45) is 4.23. The second-order valence-corrected chi connectivity index (χ2v) is 6.45. The average Bonchev–Trinajstić information content (AvgIpc) is 2.70. The van der Waals surface area contributed by atoms with Crippen molar-refractivity contribution in [3.63, 3.8) is 0 Å². The molecule has 0 amide bonds. The van der Waals surface area contributed by atoms with E-state index in [0.29, 0.717) is 43.2 Å². The molecular weight excluding hydrogens is 346 g/mol. The van der Waals surface area contributed by atoms with E-state index in [9.17, 15) is 4.79 Å². The summed E-state index contributed by atoms with van der Waals surface area (Å²) < 4.78 is 5.95. The van der Waals surface area contributed by atoms with Crippen molar-refractivity contribution in [3.8, 4) is 11.6 Å². The molecule has 0 radical (unpaired) electrons. The third-order valence-corrected chi connectivity index (χ3v) is 4.77. The van der Waals surface area contributed by atoms with Gasteiger partial charge in [0.15, 0.2) is 11.6 Å². The first-order chi connectivity index (χ1) is 13.1. The maximum atomic E-state index is 11.1. The summed E-state index contributed by atoms with van der Waals surface area (Å²) in [5.74, 6) is 0.323. The molecule has 0 unspecified atom stereocenters. The highest BCUT2D eigenvalue weighted by Gasteiger charge is 2.27. The van der Waals surface area contributed by atoms with Gasteiger partial charge in [0.2, 0.25) is 5.88 Å². The molecule has 0 aliphatic carbocycles. The second-order valence-electron chi connectivity index (χ2n) is 6.45. The Hall–Kier alpha value is -3.42. The van der Waals surface area contributed by atoms with E-state index in [1.165, 1.54) is 6.33 Å². The first-order valence-electron chi connectivity index (χ1n) is 8.73. The van der Waals surface area contributed by atoms with Gasteiger partial charge in [-0.05, 0) is 25.0 Å². The van der Waals surface area contributed by atoms with Crippen molar-refractivity contribution in [1.29, 1.82) is 0 Å². The number of anilines is 2. The summed E-state index contributed by atoms with van der Waals surface area (Å²) >= 11 is 0. The Bertz CT molecular complexity index is 981. The molecule has 1 aromatic carbocycles. The van der Waals surface area contributed by atoms with Gasteiger partial charge in [-0.15, -0.1) is 0 Å². The molecule has 2 aromatic heterocycles. The van der Waals surface area contributed by atoms with Crippen LogP contribution in [0.1, 0.15) is 12.8 Å². The molecule has 138 valence electrons. The largest absolute Gasteiger partial charge is 0.481 e. The summed E-state index contributed by atoms with van der Waals surface area (Å²) in [6, 6.07) is 9.47. The number of pyridine rings is 1. The van der Waals surface area contributed by atoms with Crippen LogP contribution in [0.15, 0.2) is 42.9 Å². The molecule has 27 heavy (non-hydrogen) atoms. The summed E-state index contributed by atoms with van der Waals surface area (Å²) in [5, 5.41) is 10.1. The molecule has 0 atom stereocenters. The summed E-state index contributed by atoms with van der Waals surface area (Å²) in [4.78, 5) is 25.9. The van der Waals surface area contributed by atoms with Gasteiger partial charge in [-0.25, -0.2) is 4.98 Å². The fourth-order valence-corrected chi connectivity index (χ4v) is 3.31. The van der Waals surface area contributed by atoms with E-state index < -0.39 is 5.97 Å². The number of aliphatic carboxylic acids is 1. The van der Waals surface area contributed by atoms with Crippen molar-refractivity contribution in [2.45, 2.75) is 12.8 Å². The monoisotopic (exact) mass is 365 g/mol. The van der Waals surface area contributed by atoms with Crippen molar-refractivity contribution < 1.29 is 14.6 Å². The highest BCUT2D eigenvalue weighted by molar-refractivity contribution is 5.84. The molecule has 8 nitrogen and oxygen atoms in total. The van der Waals surface area contributed by atoms with Crippen molar-refractivity contribution in [1.82, 2.24) is 15.0 Å². The molecule has 1 aliphatic rings. The van der Waals surface area contributed by atoms with E-state index in [2.05, 4.69) is 15.0 Å². The molecule has 3 N–H and O–H groups in total. The van der Waals surface area contributed by atoms with Gasteiger partial charge in [0.1, 0.15) is 17.5 Å². The van der Waals surface area contributed by atoms with Crippen molar-refractivity contribution in [2.75, 3.05) is 23.7 Å². The Kier molecular flexibility index (Phi) is 4.45. The maximum absolute atomic E-state index is 11.1. The zero-order valence-corrected chi connectivity index (χ0v) is 14.6. The Balaban J connectivity index is 1.60. The summed E-state index contributed by atoms with van der Waals surface area (Å²) in [5.41, 5.74) is 7.33. The Morgan fingerprint density at radius 3 is 2.70 bits per heavy atom. The van der Waals surface area contributed by atoms with Gasteiger partial charge < -0.3 is 20.5 Å². The van der Waals surface area contributed by atoms with Gasteiger partial charge in [0, 0.05) is 24.7 Å². The predicted molar refractivity (Wildman–Crippen MR) is 101 cm³/mol. The van der Waals surface area contributed by atoms with E-state index in [0.717, 1.165) is 10.9 Å². The van der Waals surface area contributed by atoms with E-state index in [1.54, 1.807) is 6.20 Å². The first-order valence-corrected chi connectivity index (χ1v) is 8.73. The first kappa shape index (κ1) is 17.0. The smallest absolute Gasteiger partial charge is 0.306 e. The summed E-state index contributed by atoms with van der Waals surface area (Å²) in [6.45, 7) is 1.15. The van der Waals surface area contributed by atoms with Crippen molar-refractivity contribution >= 4 is 28.4 Å². The molecule has 8 heteroatoms. The van der Waals surface area contributed by atoms with Gasteiger partial charge in [-0.2, -0.15) is 4.98 Å². The van der Waals surface area contributed by atoms with E-state index in [-0.39, 0.29) is 11.8 Å². The molecule has 0 spiro atoms. The predicted octanol–water partition coefficient (Wildman–Crippen LogP) is 2.70. The van der Waals surface area contributed by atoms with Crippen LogP contribution >= 0.6 is 0 Å². The number of carboxylic acid groups (broad SMARTS) is 1. The lowest BCUT2D eigenvalue weighted by atomic mass is 9.97. The van der Waals surface area contributed by atoms with Crippen LogP contribution in [0.3, 0.4) is 0 Å². The van der Waals surface area contributed by atoms with Crippen LogP contribution in [-0.4, -0.2) is 39.1 Å². The second kappa shape index (κ2) is 7.06. The number of aromatic nitrogens is 3. The Morgan fingerprint density at radius 1 is 1.15 bits per heavy atom. The normalized spacial score (nSPS) is 15.0. The van der Waals surface area contributed by atoms with Crippen LogP contribution in [0.25, 0.3) is 10.9 Å². The van der Waals surface area contributed by atoms with Gasteiger partial charge in [0.25, 0.3) is 0 Å². The number of piperidine rings is 1. The van der Waals surface area contributed by atoms with E-state index in [4.69, 9.17) is 15.6 Å². The van der Waals surface area contributed by atoms with Gasteiger partial charge in [-0.3, -0.25) is 9.78 Å². The molecule has 1 aliphatic heterocycles. The molecule has 3 heterocycles. The topological polar surface area (TPSA) is 114 Å². The zero-order chi connectivity index (χ0) is 18.8. The van der Waals surface area contributed by atoms with Crippen molar-refractivity contribution in [2.24, 2.45) is 5.92 Å². The number of ether oxygens (including phenoxy) is 1. The lowest BCUT2D eigenvalue weighted by Gasteiger charge is -2.31. The number of hydrogen-bond donors (Lipinski definition) is 2. The minimum absolute atomic E-state index is 0.263. The molecule has 1 saturated heterocycles. The average molecular weight is 365 g/mol. The Labute approximate surface area is 155 Å². The van der Waals surface area contributed by atoms with Gasteiger partial charge in [-0.1, -0.05) is 18.2 Å². The standard InChI is InChI=1S/C19H19N5O3/c20-15-17(24-9-6-13(7-10-24)19(25)26)22-11-23-18(15)27-14-5-1-3-12-4-2-8-21-16(12)14/h1-5,8,11,13H,6-7,9-10,20H2,(H,25,26). The third-order valence-electron chi connectivity index (χ3n) is 4.77. The van der Waals surface area contributed by atoms with Crippen molar-refractivity contribution in [3.05, 3.63) is 42.9 Å². The number of nitrogen functional groups attached to an aromatic ring is 1. The van der Waals surface area contributed by atoms with E-state index >= 15 is 0 Å². The quantitative estimate of drug-likeness (QED) is 0.725. The van der Waals surface area contributed by atoms with E-state index in [1.807, 2.05) is 35.2 Å². The van der Waals surface area contributed by atoms with Crippen LogP contribution in [0.2, 0.25) is 0 Å². The number of benzene rings is 1. The van der Waals surface area contributed by atoms with Gasteiger partial charge in [0.05, 0.1) is 5.92 Å². The van der Waals surface area contributed by atoms with Crippen LogP contribution in [-0.2, 0) is 4.79 Å². The highest BCUT2D eigenvalue weighted by atomic mass is 16.5. The fourth-order valence-electron chi connectivity index (χ4n) is 3.31. The lowest BCUT2D eigenvalue weighted by Crippen LogP contribution is -2.37. The number of para-hydroxylation sites is 1. The van der Waals surface area contributed by atoms with Crippen LogP contribution in [0, 0.1) is 5.92 Å². The van der Waals surface area contributed by atoms with Crippen LogP contribution < -0.4 is 15.4 Å². The highest BCUT2D eigenvalue weighted by Crippen LogP contribution is 2.35. The number of nitrogens with zero attached hydrogens (tertiary/aromatic N) is 4. The molecule has 4 rings (SSSR count). The number of nitrogens with two attached hydrogens (primary N) is 1. The minimum atomic E-state index is -0.752. The SMILES string of the molecule is Nc1c(Oc2cccc3cccnc23)ncnc1N1CCC(C(=O)O)CC1. The molecular formula is C19H19N5O3. The van der Waals surface area contributed by atoms with Gasteiger partial charge >= 0.3 is 5.97 Å². The number of carboxylic acids is 1. The number of fused-ring (bicyclic) bond motifs is 1. The molecule has 0 bridgehead atoms. The van der Waals surface area contributed by atoms with Crippen LogP contribution in [0.4, 0.5) is 11.5 Å². The van der Waals surface area contributed by atoms with Crippen LogP contribution in [0.5, 0.6) is 11.6 Å². The number of hydrogen-bond acceptors (Lipinski definition) is 7. The molecule has 3 aromatic rings. The lowest BCUT2D eigenvalue weighted by molar-refractivity contribution is -0.142. The maximum Gasteiger partial charge on any atom is 0.306 e. The summed E-state index contributed by atoms with van der Waals surface area (Å²) in [7, 11) is 0. The fraction of sp³-hybridized carbons (Fsp3) is 0.263. The zero-order valence-electron chi connectivity index (χ0n) is 14.6. The Morgan fingerprint density at radius 2 is 1.93 bits per heavy atom. The third kappa shape index (κ3) is 3.33. The molecule has 0 saturated carbocycles.